The van der Waals surface area contributed by atoms with Crippen LogP contribution < -0.4 is 15.6 Å². The molecule has 0 atom stereocenters. The van der Waals surface area contributed by atoms with E-state index in [1.54, 1.807) is 47.9 Å². The molecule has 152 valence electrons. The van der Waals surface area contributed by atoms with E-state index in [4.69, 9.17) is 4.74 Å². The number of nitrogens with one attached hydrogen (secondary N) is 1. The number of hydrogen-bond acceptors (Lipinski definition) is 6. The molecule has 0 unspecified atom stereocenters. The van der Waals surface area contributed by atoms with Crippen molar-refractivity contribution in [2.24, 2.45) is 0 Å². The molecular weight excluding hydrogens is 402 g/mol. The minimum Gasteiger partial charge on any atom is -0.497 e. The van der Waals surface area contributed by atoms with Crippen molar-refractivity contribution < 1.29 is 9.53 Å². The van der Waals surface area contributed by atoms with Crippen molar-refractivity contribution in [2.45, 2.75) is 11.7 Å². The second-order valence-corrected chi connectivity index (χ2v) is 7.35. The minimum atomic E-state index is -0.186. The first-order chi connectivity index (χ1) is 14.6. The van der Waals surface area contributed by atoms with Gasteiger partial charge in [-0.25, -0.2) is 0 Å². The Bertz CT molecular complexity index is 1310. The number of hydrogen-bond donors (Lipinski definition) is 1. The first kappa shape index (κ1) is 19.7. The summed E-state index contributed by atoms with van der Waals surface area (Å²) in [7, 11) is 1.57. The van der Waals surface area contributed by atoms with Crippen LogP contribution in [0.5, 0.6) is 5.75 Å². The van der Waals surface area contributed by atoms with Crippen molar-refractivity contribution in [1.82, 2.24) is 19.2 Å². The first-order valence-electron chi connectivity index (χ1n) is 9.16. The Morgan fingerprint density at radius 1 is 1.23 bits per heavy atom. The summed E-state index contributed by atoms with van der Waals surface area (Å²) >= 11 is 1.25. The Morgan fingerprint density at radius 3 is 2.87 bits per heavy atom. The van der Waals surface area contributed by atoms with Crippen molar-refractivity contribution in [2.75, 3.05) is 18.2 Å². The largest absolute Gasteiger partial charge is 0.497 e. The number of thioether (sulfide) groups is 1. The third kappa shape index (κ3) is 3.67. The lowest BCUT2D eigenvalue weighted by Crippen LogP contribution is -2.22. The zero-order valence-corrected chi connectivity index (χ0v) is 17.1. The topological polar surface area (TPSA) is 90.5 Å². The Hall–Kier alpha value is -3.59. The van der Waals surface area contributed by atoms with Gasteiger partial charge in [-0.3, -0.25) is 18.6 Å². The van der Waals surface area contributed by atoms with Crippen molar-refractivity contribution in [1.29, 1.82) is 0 Å². The number of anilines is 1. The fourth-order valence-electron chi connectivity index (χ4n) is 3.15. The number of nitrogens with zero attached hydrogens (tertiary/aromatic N) is 4. The number of aromatic nitrogens is 4. The summed E-state index contributed by atoms with van der Waals surface area (Å²) in [4.78, 5) is 25.2. The quantitative estimate of drug-likeness (QED) is 0.364. The molecular formula is C21H19N5O3S. The molecule has 2 heterocycles. The van der Waals surface area contributed by atoms with Crippen LogP contribution in [0.25, 0.3) is 16.7 Å². The highest BCUT2D eigenvalue weighted by atomic mass is 32.2. The van der Waals surface area contributed by atoms with Crippen LogP contribution in [0.3, 0.4) is 0 Å². The van der Waals surface area contributed by atoms with Crippen LogP contribution in [0.1, 0.15) is 0 Å². The van der Waals surface area contributed by atoms with Gasteiger partial charge in [0.2, 0.25) is 11.7 Å². The van der Waals surface area contributed by atoms with Gasteiger partial charge in [0.25, 0.3) is 5.56 Å². The summed E-state index contributed by atoms with van der Waals surface area (Å²) in [5, 5.41) is 12.3. The number of benzene rings is 2. The standard InChI is InChI=1S/C21H19N5O3S/c1-3-11-25-19(28)16-9-4-5-10-17(16)26-20(25)23-24-21(26)30-13-18(27)22-14-7-6-8-15(12-14)29-2/h3-10,12H,1,11,13H2,2H3,(H,22,27). The molecule has 30 heavy (non-hydrogen) atoms. The highest BCUT2D eigenvalue weighted by molar-refractivity contribution is 7.99. The summed E-state index contributed by atoms with van der Waals surface area (Å²) in [6, 6.07) is 14.4. The average molecular weight is 421 g/mol. The van der Waals surface area contributed by atoms with Crippen LogP contribution >= 0.6 is 11.8 Å². The molecule has 0 fully saturated rings. The van der Waals surface area contributed by atoms with E-state index in [9.17, 15) is 9.59 Å². The molecule has 0 saturated carbocycles. The highest BCUT2D eigenvalue weighted by Crippen LogP contribution is 2.22. The zero-order valence-electron chi connectivity index (χ0n) is 16.2. The van der Waals surface area contributed by atoms with Crippen LogP contribution in [-0.2, 0) is 11.3 Å². The maximum Gasteiger partial charge on any atom is 0.263 e. The molecule has 2 aromatic heterocycles. The fraction of sp³-hybridized carbons (Fsp3) is 0.143. The molecule has 0 aliphatic heterocycles. The van der Waals surface area contributed by atoms with Crippen molar-refractivity contribution in [3.8, 4) is 5.75 Å². The van der Waals surface area contributed by atoms with E-state index in [2.05, 4.69) is 22.1 Å². The normalized spacial score (nSPS) is 11.0. The van der Waals surface area contributed by atoms with Gasteiger partial charge >= 0.3 is 0 Å². The minimum absolute atomic E-state index is 0.132. The molecule has 1 amide bonds. The number of methoxy groups -OCH3 is 1. The first-order valence-corrected chi connectivity index (χ1v) is 10.1. The molecule has 1 N–H and O–H groups in total. The Kier molecular flexibility index (Phi) is 5.53. The van der Waals surface area contributed by atoms with Gasteiger partial charge in [-0.05, 0) is 24.3 Å². The second-order valence-electron chi connectivity index (χ2n) is 6.41. The summed E-state index contributed by atoms with van der Waals surface area (Å²) < 4.78 is 8.48. The van der Waals surface area contributed by atoms with Crippen LogP contribution in [0.2, 0.25) is 0 Å². The molecule has 2 aromatic carbocycles. The van der Waals surface area contributed by atoms with Crippen LogP contribution in [0.15, 0.2) is 71.1 Å². The van der Waals surface area contributed by atoms with Gasteiger partial charge in [-0.1, -0.05) is 36.0 Å². The van der Waals surface area contributed by atoms with E-state index in [1.807, 2.05) is 18.2 Å². The Labute approximate surface area is 176 Å². The van der Waals surface area contributed by atoms with Crippen molar-refractivity contribution in [3.63, 3.8) is 0 Å². The number of amides is 1. The average Bonchev–Trinajstić information content (AvgIpc) is 3.19. The second kappa shape index (κ2) is 8.42. The molecule has 4 aromatic rings. The van der Waals surface area contributed by atoms with Gasteiger partial charge in [0.15, 0.2) is 5.16 Å². The van der Waals surface area contributed by atoms with Crippen LogP contribution in [-0.4, -0.2) is 37.9 Å². The Balaban J connectivity index is 1.64. The number of allylic oxidation sites excluding steroid dienone is 1. The fourth-order valence-corrected chi connectivity index (χ4v) is 3.89. The SMILES string of the molecule is C=CCn1c(=O)c2ccccc2n2c(SCC(=O)Nc3cccc(OC)c3)nnc12. The molecule has 0 aliphatic rings. The molecule has 0 aliphatic carbocycles. The van der Waals surface area contributed by atoms with E-state index >= 15 is 0 Å². The van der Waals surface area contributed by atoms with E-state index in [0.29, 0.717) is 39.8 Å². The number of rotatable bonds is 7. The third-order valence-electron chi connectivity index (χ3n) is 4.48. The maximum atomic E-state index is 12.8. The van der Waals surface area contributed by atoms with Crippen molar-refractivity contribution in [3.05, 3.63) is 71.5 Å². The Morgan fingerprint density at radius 2 is 2.07 bits per heavy atom. The summed E-state index contributed by atoms with van der Waals surface area (Å²) in [5.41, 5.74) is 1.19. The molecule has 0 spiro atoms. The molecule has 0 saturated heterocycles. The summed E-state index contributed by atoms with van der Waals surface area (Å²) in [6.45, 7) is 4.03. The van der Waals surface area contributed by atoms with E-state index in [1.165, 1.54) is 16.3 Å². The van der Waals surface area contributed by atoms with Gasteiger partial charge in [-0.2, -0.15) is 0 Å². The predicted molar refractivity (Wildman–Crippen MR) is 117 cm³/mol. The highest BCUT2D eigenvalue weighted by Gasteiger charge is 2.17. The van der Waals surface area contributed by atoms with Gasteiger partial charge < -0.3 is 10.1 Å². The molecule has 8 nitrogen and oxygen atoms in total. The van der Waals surface area contributed by atoms with E-state index in [-0.39, 0.29) is 17.2 Å². The lowest BCUT2D eigenvalue weighted by Gasteiger charge is -2.10. The molecule has 4 rings (SSSR count). The number of ether oxygens (including phenoxy) is 1. The third-order valence-corrected chi connectivity index (χ3v) is 5.40. The molecule has 9 heteroatoms. The number of carbonyl (C=O) groups is 1. The number of carbonyl (C=O) groups excluding carboxylic acids is 1. The van der Waals surface area contributed by atoms with E-state index in [0.717, 1.165) is 0 Å². The molecule has 0 bridgehead atoms. The lowest BCUT2D eigenvalue weighted by atomic mass is 10.2. The summed E-state index contributed by atoms with van der Waals surface area (Å²) in [5.74, 6) is 1.02. The summed E-state index contributed by atoms with van der Waals surface area (Å²) in [6.07, 6.45) is 1.64. The monoisotopic (exact) mass is 421 g/mol. The van der Waals surface area contributed by atoms with Crippen molar-refractivity contribution >= 4 is 40.0 Å². The number of fused-ring (bicyclic) bond motifs is 3. The zero-order chi connectivity index (χ0) is 21.1. The molecule has 0 radical (unpaired) electrons. The van der Waals surface area contributed by atoms with Crippen LogP contribution in [0.4, 0.5) is 5.69 Å². The van der Waals surface area contributed by atoms with Gasteiger partial charge in [0.1, 0.15) is 5.75 Å². The lowest BCUT2D eigenvalue weighted by molar-refractivity contribution is -0.113. The van der Waals surface area contributed by atoms with Gasteiger partial charge in [0.05, 0.1) is 23.8 Å². The van der Waals surface area contributed by atoms with Crippen LogP contribution in [0, 0.1) is 0 Å². The predicted octanol–water partition coefficient (Wildman–Crippen LogP) is 2.97. The van der Waals surface area contributed by atoms with Gasteiger partial charge in [-0.15, -0.1) is 16.8 Å². The maximum absolute atomic E-state index is 12.8. The van der Waals surface area contributed by atoms with E-state index < -0.39 is 0 Å². The van der Waals surface area contributed by atoms with Gasteiger partial charge in [0, 0.05) is 18.3 Å². The number of para-hydroxylation sites is 1. The smallest absolute Gasteiger partial charge is 0.263 e.